The molecule has 0 radical (unpaired) electrons. The van der Waals surface area contributed by atoms with Gasteiger partial charge in [0.25, 0.3) is 5.91 Å². The van der Waals surface area contributed by atoms with E-state index >= 15 is 0 Å². The van der Waals surface area contributed by atoms with E-state index in [2.05, 4.69) is 15.3 Å². The van der Waals surface area contributed by atoms with E-state index < -0.39 is 0 Å². The molecule has 0 unspecified atom stereocenters. The van der Waals surface area contributed by atoms with Crippen LogP contribution in [0.15, 0.2) is 24.4 Å². The molecule has 0 atom stereocenters. The first kappa shape index (κ1) is 15.2. The van der Waals surface area contributed by atoms with E-state index in [1.807, 2.05) is 25.1 Å². The zero-order valence-electron chi connectivity index (χ0n) is 12.2. The molecule has 2 aromatic rings. The first-order chi connectivity index (χ1) is 10.1. The molecule has 7 heteroatoms. The largest absolute Gasteiger partial charge is 0.382 e. The van der Waals surface area contributed by atoms with Gasteiger partial charge in [-0.1, -0.05) is 17.4 Å². The number of nitrogen functional groups attached to an aromatic ring is 1. The molecule has 0 fully saturated rings. The van der Waals surface area contributed by atoms with Crippen LogP contribution in [0.5, 0.6) is 0 Å². The SMILES string of the molecule is CCNc1nc(N)c(C(=O)N(C)CCc2ccccn2)s1. The lowest BCUT2D eigenvalue weighted by molar-refractivity contribution is 0.0802. The van der Waals surface area contributed by atoms with Gasteiger partial charge in [0.05, 0.1) is 0 Å². The summed E-state index contributed by atoms with van der Waals surface area (Å²) in [6.45, 7) is 3.30. The summed E-state index contributed by atoms with van der Waals surface area (Å²) in [6, 6.07) is 5.76. The average Bonchev–Trinajstić information content (AvgIpc) is 2.86. The first-order valence-corrected chi connectivity index (χ1v) is 7.59. The maximum Gasteiger partial charge on any atom is 0.267 e. The zero-order chi connectivity index (χ0) is 15.2. The van der Waals surface area contributed by atoms with Crippen molar-refractivity contribution in [2.45, 2.75) is 13.3 Å². The molecule has 6 nitrogen and oxygen atoms in total. The summed E-state index contributed by atoms with van der Waals surface area (Å²) < 4.78 is 0. The molecule has 0 bridgehead atoms. The van der Waals surface area contributed by atoms with Crippen LogP contribution in [-0.4, -0.2) is 40.9 Å². The molecule has 3 N–H and O–H groups in total. The minimum absolute atomic E-state index is 0.106. The summed E-state index contributed by atoms with van der Waals surface area (Å²) >= 11 is 1.29. The Kier molecular flexibility index (Phi) is 5.10. The number of amides is 1. The Bertz CT molecular complexity index is 599. The van der Waals surface area contributed by atoms with Gasteiger partial charge in [0.2, 0.25) is 0 Å². The number of pyridine rings is 1. The first-order valence-electron chi connectivity index (χ1n) is 6.77. The topological polar surface area (TPSA) is 84.1 Å². The van der Waals surface area contributed by atoms with E-state index in [4.69, 9.17) is 5.73 Å². The Morgan fingerprint density at radius 3 is 2.95 bits per heavy atom. The van der Waals surface area contributed by atoms with Crippen LogP contribution in [0.3, 0.4) is 0 Å². The Morgan fingerprint density at radius 1 is 1.48 bits per heavy atom. The Balaban J connectivity index is 1.98. The molecule has 2 heterocycles. The maximum atomic E-state index is 12.4. The van der Waals surface area contributed by atoms with Gasteiger partial charge in [0.15, 0.2) is 5.13 Å². The molecule has 21 heavy (non-hydrogen) atoms. The predicted molar refractivity (Wildman–Crippen MR) is 85.6 cm³/mol. The molecule has 0 aliphatic rings. The van der Waals surface area contributed by atoms with Crippen LogP contribution in [0, 0.1) is 0 Å². The van der Waals surface area contributed by atoms with Crippen LogP contribution in [-0.2, 0) is 6.42 Å². The molecule has 0 saturated carbocycles. The van der Waals surface area contributed by atoms with E-state index in [1.165, 1.54) is 11.3 Å². The zero-order valence-corrected chi connectivity index (χ0v) is 13.0. The third-order valence-corrected chi connectivity index (χ3v) is 3.97. The Labute approximate surface area is 128 Å². The molecule has 112 valence electrons. The average molecular weight is 305 g/mol. The second kappa shape index (κ2) is 7.03. The fraction of sp³-hybridized carbons (Fsp3) is 0.357. The van der Waals surface area contributed by atoms with Crippen LogP contribution < -0.4 is 11.1 Å². The van der Waals surface area contributed by atoms with Crippen LogP contribution in [0.25, 0.3) is 0 Å². The second-order valence-electron chi connectivity index (χ2n) is 4.56. The fourth-order valence-electron chi connectivity index (χ4n) is 1.82. The standard InChI is InChI=1S/C14H19N5OS/c1-3-16-14-18-12(15)11(21-14)13(20)19(2)9-7-10-6-4-5-8-17-10/h4-6,8H,3,7,9,15H2,1-2H3,(H,16,18). The van der Waals surface area contributed by atoms with E-state index in [0.29, 0.717) is 23.0 Å². The van der Waals surface area contributed by atoms with Gasteiger partial charge in [-0.25, -0.2) is 4.98 Å². The highest BCUT2D eigenvalue weighted by Crippen LogP contribution is 2.25. The summed E-state index contributed by atoms with van der Waals surface area (Å²) in [7, 11) is 1.76. The van der Waals surface area contributed by atoms with Crippen molar-refractivity contribution in [3.8, 4) is 0 Å². The number of nitrogens with two attached hydrogens (primary N) is 1. The molecular formula is C14H19N5OS. The van der Waals surface area contributed by atoms with E-state index in [9.17, 15) is 4.79 Å². The van der Waals surface area contributed by atoms with Crippen LogP contribution in [0.2, 0.25) is 0 Å². The number of rotatable bonds is 6. The van der Waals surface area contributed by atoms with Crippen molar-refractivity contribution < 1.29 is 4.79 Å². The molecule has 2 rings (SSSR count). The number of aromatic nitrogens is 2. The lowest BCUT2D eigenvalue weighted by atomic mass is 10.2. The molecule has 2 aromatic heterocycles. The van der Waals surface area contributed by atoms with Crippen molar-refractivity contribution in [3.63, 3.8) is 0 Å². The number of carbonyl (C=O) groups is 1. The van der Waals surface area contributed by atoms with E-state index in [0.717, 1.165) is 12.2 Å². The van der Waals surface area contributed by atoms with Gasteiger partial charge >= 0.3 is 0 Å². The van der Waals surface area contributed by atoms with Crippen molar-refractivity contribution in [2.75, 3.05) is 31.2 Å². The number of hydrogen-bond donors (Lipinski definition) is 2. The molecule has 0 aliphatic heterocycles. The highest BCUT2D eigenvalue weighted by Gasteiger charge is 2.19. The number of anilines is 2. The molecule has 1 amide bonds. The summed E-state index contributed by atoms with van der Waals surface area (Å²) in [5.41, 5.74) is 6.78. The summed E-state index contributed by atoms with van der Waals surface area (Å²) in [5, 5.41) is 3.74. The van der Waals surface area contributed by atoms with Gasteiger partial charge in [0, 0.05) is 38.4 Å². The van der Waals surface area contributed by atoms with Crippen molar-refractivity contribution in [1.82, 2.24) is 14.9 Å². The maximum absolute atomic E-state index is 12.4. The number of nitrogens with zero attached hydrogens (tertiary/aromatic N) is 3. The number of carbonyl (C=O) groups excluding carboxylic acids is 1. The molecular weight excluding hydrogens is 286 g/mol. The highest BCUT2D eigenvalue weighted by molar-refractivity contribution is 7.18. The van der Waals surface area contributed by atoms with Crippen molar-refractivity contribution in [3.05, 3.63) is 35.0 Å². The quantitative estimate of drug-likeness (QED) is 0.851. The summed E-state index contributed by atoms with van der Waals surface area (Å²) in [4.78, 5) is 22.9. The lowest BCUT2D eigenvalue weighted by Gasteiger charge is -2.15. The number of hydrogen-bond acceptors (Lipinski definition) is 6. The smallest absolute Gasteiger partial charge is 0.267 e. The lowest BCUT2D eigenvalue weighted by Crippen LogP contribution is -2.28. The van der Waals surface area contributed by atoms with Crippen molar-refractivity contribution in [2.24, 2.45) is 0 Å². The highest BCUT2D eigenvalue weighted by atomic mass is 32.1. The van der Waals surface area contributed by atoms with E-state index in [-0.39, 0.29) is 11.7 Å². The van der Waals surface area contributed by atoms with Crippen LogP contribution in [0.1, 0.15) is 22.3 Å². The second-order valence-corrected chi connectivity index (χ2v) is 5.56. The van der Waals surface area contributed by atoms with Gasteiger partial charge in [-0.3, -0.25) is 9.78 Å². The number of thiazole rings is 1. The predicted octanol–water partition coefficient (Wildman–Crippen LogP) is 1.87. The summed E-state index contributed by atoms with van der Waals surface area (Å²) in [5.74, 6) is 0.177. The van der Waals surface area contributed by atoms with E-state index in [1.54, 1.807) is 18.1 Å². The van der Waals surface area contributed by atoms with Crippen LogP contribution in [0.4, 0.5) is 10.9 Å². The van der Waals surface area contributed by atoms with Crippen molar-refractivity contribution >= 4 is 28.2 Å². The van der Waals surface area contributed by atoms with Crippen LogP contribution >= 0.6 is 11.3 Å². The third kappa shape index (κ3) is 3.91. The molecule has 0 aliphatic carbocycles. The Hall–Kier alpha value is -2.15. The molecule has 0 saturated heterocycles. The fourth-order valence-corrected chi connectivity index (χ4v) is 2.76. The van der Waals surface area contributed by atoms with Crippen molar-refractivity contribution in [1.29, 1.82) is 0 Å². The summed E-state index contributed by atoms with van der Waals surface area (Å²) in [6.07, 6.45) is 2.46. The Morgan fingerprint density at radius 2 is 2.29 bits per heavy atom. The molecule has 0 spiro atoms. The van der Waals surface area contributed by atoms with Gasteiger partial charge in [-0.2, -0.15) is 0 Å². The monoisotopic (exact) mass is 305 g/mol. The normalized spacial score (nSPS) is 10.4. The minimum atomic E-state index is -0.106. The molecule has 0 aromatic carbocycles. The van der Waals surface area contributed by atoms with Gasteiger partial charge in [-0.15, -0.1) is 0 Å². The van der Waals surface area contributed by atoms with Gasteiger partial charge < -0.3 is 16.0 Å². The third-order valence-electron chi connectivity index (χ3n) is 2.95. The van der Waals surface area contributed by atoms with Gasteiger partial charge in [0.1, 0.15) is 10.7 Å². The van der Waals surface area contributed by atoms with Gasteiger partial charge in [-0.05, 0) is 19.1 Å². The number of nitrogens with one attached hydrogen (secondary N) is 1. The minimum Gasteiger partial charge on any atom is -0.382 e. The number of likely N-dealkylation sites (N-methyl/N-ethyl adjacent to an activating group) is 1.